The summed E-state index contributed by atoms with van der Waals surface area (Å²) in [6.07, 6.45) is 2.68. The molecule has 0 spiro atoms. The van der Waals surface area contributed by atoms with E-state index in [-0.39, 0.29) is 5.60 Å². The van der Waals surface area contributed by atoms with Crippen molar-refractivity contribution in [1.82, 2.24) is 0 Å². The van der Waals surface area contributed by atoms with Gasteiger partial charge in [-0.1, -0.05) is 11.6 Å². The Hall–Kier alpha value is -0.0500. The number of aliphatic hydroxyl groups is 1. The summed E-state index contributed by atoms with van der Waals surface area (Å²) in [4.78, 5) is 1.19. The normalized spacial score (nSPS) is 20.2. The summed E-state index contributed by atoms with van der Waals surface area (Å²) in [7, 11) is 0. The third-order valence-electron chi connectivity index (χ3n) is 1.95. The van der Waals surface area contributed by atoms with Gasteiger partial charge >= 0.3 is 0 Å². The zero-order valence-electron chi connectivity index (χ0n) is 6.01. The van der Waals surface area contributed by atoms with Crippen LogP contribution in [-0.4, -0.2) is 10.7 Å². The Labute approximate surface area is 74.6 Å². The number of rotatable bonds is 2. The summed E-state index contributed by atoms with van der Waals surface area (Å²) in [6, 6.07) is 1.93. The van der Waals surface area contributed by atoms with Gasteiger partial charge in [0.2, 0.25) is 0 Å². The molecule has 11 heavy (non-hydrogen) atoms. The van der Waals surface area contributed by atoms with Gasteiger partial charge in [0.25, 0.3) is 0 Å². The Bertz CT molecular complexity index is 265. The van der Waals surface area contributed by atoms with E-state index in [0.29, 0.717) is 0 Å². The van der Waals surface area contributed by atoms with E-state index in [9.17, 15) is 5.11 Å². The summed E-state index contributed by atoms with van der Waals surface area (Å²) in [5, 5.41) is 12.2. The van der Waals surface area contributed by atoms with Crippen LogP contribution in [0.1, 0.15) is 17.7 Å². The summed E-state index contributed by atoms with van der Waals surface area (Å²) < 4.78 is 0. The van der Waals surface area contributed by atoms with Crippen LogP contribution >= 0.6 is 22.9 Å². The number of hydrogen-bond acceptors (Lipinski definition) is 2. The smallest absolute Gasteiger partial charge is 0.0698 e. The van der Waals surface area contributed by atoms with Crippen molar-refractivity contribution in [1.29, 1.82) is 0 Å². The molecule has 1 fully saturated rings. The predicted molar refractivity (Wildman–Crippen MR) is 47.2 cm³/mol. The molecule has 1 aromatic heterocycles. The lowest BCUT2D eigenvalue weighted by Crippen LogP contribution is -2.09. The van der Waals surface area contributed by atoms with Gasteiger partial charge in [0, 0.05) is 16.7 Å². The highest BCUT2D eigenvalue weighted by Gasteiger charge is 2.40. The molecule has 0 amide bonds. The molecule has 1 aromatic rings. The zero-order chi connectivity index (χ0) is 7.90. The molecule has 1 aliphatic carbocycles. The molecule has 3 heteroatoms. The molecule has 0 radical (unpaired) electrons. The van der Waals surface area contributed by atoms with Crippen molar-refractivity contribution in [3.63, 3.8) is 0 Å². The summed E-state index contributed by atoms with van der Waals surface area (Å²) in [6.45, 7) is 0. The molecule has 0 saturated heterocycles. The van der Waals surface area contributed by atoms with Gasteiger partial charge in [0.15, 0.2) is 0 Å². The van der Waals surface area contributed by atoms with Gasteiger partial charge in [0.1, 0.15) is 0 Å². The first-order valence-electron chi connectivity index (χ1n) is 3.63. The minimum Gasteiger partial charge on any atom is -0.390 e. The van der Waals surface area contributed by atoms with E-state index in [1.165, 1.54) is 4.88 Å². The maximum absolute atomic E-state index is 9.56. The van der Waals surface area contributed by atoms with E-state index in [4.69, 9.17) is 11.6 Å². The number of thiophene rings is 1. The summed E-state index contributed by atoms with van der Waals surface area (Å²) in [5.41, 5.74) is -0.381. The Morgan fingerprint density at radius 3 is 2.82 bits per heavy atom. The fraction of sp³-hybridized carbons (Fsp3) is 0.500. The maximum Gasteiger partial charge on any atom is 0.0698 e. The van der Waals surface area contributed by atoms with Crippen molar-refractivity contribution in [2.75, 3.05) is 0 Å². The molecule has 1 aliphatic rings. The first-order valence-corrected chi connectivity index (χ1v) is 4.89. The molecule has 2 rings (SSSR count). The second-order valence-corrected chi connectivity index (χ2v) is 4.56. The van der Waals surface area contributed by atoms with Crippen LogP contribution in [0.15, 0.2) is 11.4 Å². The average Bonchev–Trinajstić information content (AvgIpc) is 2.49. The maximum atomic E-state index is 9.56. The molecule has 0 unspecified atom stereocenters. The largest absolute Gasteiger partial charge is 0.390 e. The zero-order valence-corrected chi connectivity index (χ0v) is 7.58. The Balaban J connectivity index is 2.06. The predicted octanol–water partition coefficient (Wildman–Crippen LogP) is 2.47. The molecule has 0 aromatic carbocycles. The van der Waals surface area contributed by atoms with Crippen molar-refractivity contribution in [2.24, 2.45) is 0 Å². The third-order valence-corrected chi connectivity index (χ3v) is 3.24. The monoisotopic (exact) mass is 188 g/mol. The fourth-order valence-corrected chi connectivity index (χ4v) is 2.30. The number of hydrogen-bond donors (Lipinski definition) is 1. The van der Waals surface area contributed by atoms with Crippen LogP contribution < -0.4 is 0 Å². The molecule has 1 nitrogen and oxygen atoms in total. The molecule has 0 atom stereocenters. The number of halogens is 1. The minimum atomic E-state index is -0.381. The molecule has 0 aliphatic heterocycles. The van der Waals surface area contributed by atoms with E-state index in [1.807, 2.05) is 11.4 Å². The SMILES string of the molecule is OC1(Cc2cc(Cl)cs2)CC1. The van der Waals surface area contributed by atoms with E-state index in [2.05, 4.69) is 0 Å². The van der Waals surface area contributed by atoms with Crippen molar-refractivity contribution in [3.8, 4) is 0 Å². The van der Waals surface area contributed by atoms with Gasteiger partial charge in [-0.15, -0.1) is 11.3 Å². The molecule has 1 N–H and O–H groups in total. The highest BCUT2D eigenvalue weighted by molar-refractivity contribution is 7.10. The highest BCUT2D eigenvalue weighted by Crippen LogP contribution is 2.39. The van der Waals surface area contributed by atoms with Gasteiger partial charge in [-0.05, 0) is 18.9 Å². The van der Waals surface area contributed by atoms with Gasteiger partial charge in [-0.25, -0.2) is 0 Å². The van der Waals surface area contributed by atoms with Gasteiger partial charge in [0.05, 0.1) is 10.6 Å². The Kier molecular flexibility index (Phi) is 1.71. The minimum absolute atomic E-state index is 0.381. The first-order chi connectivity index (χ1) is 5.18. The van der Waals surface area contributed by atoms with Crippen molar-refractivity contribution in [3.05, 3.63) is 21.3 Å². The Morgan fingerprint density at radius 2 is 2.36 bits per heavy atom. The van der Waals surface area contributed by atoms with Crippen LogP contribution in [-0.2, 0) is 6.42 Å². The molecule has 0 bridgehead atoms. The Morgan fingerprint density at radius 1 is 1.64 bits per heavy atom. The standard InChI is InChI=1S/C8H9ClOS/c9-6-3-7(11-5-6)4-8(10)1-2-8/h3,5,10H,1-2,4H2. The van der Waals surface area contributed by atoms with Crippen LogP contribution in [0.4, 0.5) is 0 Å². The fourth-order valence-electron chi connectivity index (χ4n) is 1.09. The van der Waals surface area contributed by atoms with Crippen LogP contribution in [0.25, 0.3) is 0 Å². The van der Waals surface area contributed by atoms with Crippen LogP contribution in [0.5, 0.6) is 0 Å². The van der Waals surface area contributed by atoms with Crippen molar-refractivity contribution in [2.45, 2.75) is 24.9 Å². The molecule has 60 valence electrons. The summed E-state index contributed by atoms with van der Waals surface area (Å²) >= 11 is 7.36. The molecule has 1 saturated carbocycles. The molecule has 1 heterocycles. The van der Waals surface area contributed by atoms with Crippen LogP contribution in [0.2, 0.25) is 5.02 Å². The van der Waals surface area contributed by atoms with E-state index >= 15 is 0 Å². The summed E-state index contributed by atoms with van der Waals surface area (Å²) in [5.74, 6) is 0. The van der Waals surface area contributed by atoms with Crippen LogP contribution in [0.3, 0.4) is 0 Å². The lowest BCUT2D eigenvalue weighted by atomic mass is 10.2. The lowest BCUT2D eigenvalue weighted by molar-refractivity contribution is 0.152. The second kappa shape index (κ2) is 2.47. The van der Waals surface area contributed by atoms with E-state index < -0.39 is 0 Å². The lowest BCUT2D eigenvalue weighted by Gasteiger charge is -2.02. The van der Waals surface area contributed by atoms with E-state index in [0.717, 1.165) is 24.3 Å². The van der Waals surface area contributed by atoms with Crippen molar-refractivity contribution >= 4 is 22.9 Å². The van der Waals surface area contributed by atoms with Gasteiger partial charge in [-0.3, -0.25) is 0 Å². The second-order valence-electron chi connectivity index (χ2n) is 3.13. The molecular formula is C8H9ClOS. The van der Waals surface area contributed by atoms with Crippen LogP contribution in [0, 0.1) is 0 Å². The van der Waals surface area contributed by atoms with Crippen molar-refractivity contribution < 1.29 is 5.11 Å². The topological polar surface area (TPSA) is 20.2 Å². The van der Waals surface area contributed by atoms with Gasteiger partial charge < -0.3 is 5.11 Å². The average molecular weight is 189 g/mol. The van der Waals surface area contributed by atoms with Gasteiger partial charge in [-0.2, -0.15) is 0 Å². The third kappa shape index (κ3) is 1.75. The first kappa shape index (κ1) is 7.59. The van der Waals surface area contributed by atoms with E-state index in [1.54, 1.807) is 11.3 Å². The molecular weight excluding hydrogens is 180 g/mol. The highest BCUT2D eigenvalue weighted by atomic mass is 35.5. The quantitative estimate of drug-likeness (QED) is 0.756.